The number of sulfonamides is 1. The molecule has 1 aromatic heterocycles. The Morgan fingerprint density at radius 3 is 2.24 bits per heavy atom. The van der Waals surface area contributed by atoms with Crippen molar-refractivity contribution in [3.8, 4) is 0 Å². The number of furan rings is 1. The summed E-state index contributed by atoms with van der Waals surface area (Å²) in [5, 5.41) is 1.63. The molecule has 156 valence electrons. The van der Waals surface area contributed by atoms with Gasteiger partial charge in [-0.1, -0.05) is 13.8 Å². The Kier molecular flexibility index (Phi) is 5.36. The molecule has 0 aliphatic heterocycles. The van der Waals surface area contributed by atoms with Crippen LogP contribution < -0.4 is 10.5 Å². The minimum absolute atomic E-state index is 0.00577. The third-order valence-corrected chi connectivity index (χ3v) is 5.83. The standard InChI is InChI=1S/C21H26N2O5S/c1-12(2)19(20(24)28-21(3,4)5)23-29(25,26)14-7-9-16-15-8-6-13(22)10-17(15)27-18(16)11-14/h6-12,19,23H,22H2,1-5H3. The van der Waals surface area contributed by atoms with Crippen molar-refractivity contribution in [2.24, 2.45) is 5.92 Å². The van der Waals surface area contributed by atoms with Crippen LogP contribution in [0.3, 0.4) is 0 Å². The first-order valence-corrected chi connectivity index (χ1v) is 10.8. The number of hydrogen-bond acceptors (Lipinski definition) is 6. The number of benzene rings is 2. The van der Waals surface area contributed by atoms with Gasteiger partial charge >= 0.3 is 5.97 Å². The summed E-state index contributed by atoms with van der Waals surface area (Å²) in [6, 6.07) is 8.90. The van der Waals surface area contributed by atoms with E-state index in [1.165, 1.54) is 12.1 Å². The van der Waals surface area contributed by atoms with Gasteiger partial charge < -0.3 is 14.9 Å². The van der Waals surface area contributed by atoms with Gasteiger partial charge in [-0.25, -0.2) is 8.42 Å². The minimum Gasteiger partial charge on any atom is -0.459 e. The summed E-state index contributed by atoms with van der Waals surface area (Å²) in [5.41, 5.74) is 6.63. The zero-order chi connectivity index (χ0) is 21.6. The smallest absolute Gasteiger partial charge is 0.324 e. The number of rotatable bonds is 5. The van der Waals surface area contributed by atoms with E-state index in [9.17, 15) is 13.2 Å². The molecule has 0 fully saturated rings. The van der Waals surface area contributed by atoms with Crippen LogP contribution in [0.1, 0.15) is 34.6 Å². The molecular weight excluding hydrogens is 392 g/mol. The molecule has 7 nitrogen and oxygen atoms in total. The molecule has 3 rings (SSSR count). The summed E-state index contributed by atoms with van der Waals surface area (Å²) in [7, 11) is -3.98. The van der Waals surface area contributed by atoms with Crippen molar-refractivity contribution in [1.82, 2.24) is 4.72 Å². The van der Waals surface area contributed by atoms with Crippen molar-refractivity contribution < 1.29 is 22.4 Å². The molecule has 29 heavy (non-hydrogen) atoms. The van der Waals surface area contributed by atoms with Gasteiger partial charge in [0.1, 0.15) is 22.8 Å². The lowest BCUT2D eigenvalue weighted by Crippen LogP contribution is -2.47. The SMILES string of the molecule is CC(C)C(NS(=O)(=O)c1ccc2c(c1)oc1cc(N)ccc12)C(=O)OC(C)(C)C. The Labute approximate surface area is 170 Å². The molecule has 2 aromatic carbocycles. The van der Waals surface area contributed by atoms with Crippen molar-refractivity contribution in [2.45, 2.75) is 51.2 Å². The highest BCUT2D eigenvalue weighted by Gasteiger charge is 2.32. The molecule has 0 radical (unpaired) electrons. The fraction of sp³-hybridized carbons (Fsp3) is 0.381. The molecule has 8 heteroatoms. The lowest BCUT2D eigenvalue weighted by Gasteiger charge is -2.26. The van der Waals surface area contributed by atoms with Crippen LogP contribution in [-0.4, -0.2) is 26.0 Å². The number of hydrogen-bond donors (Lipinski definition) is 2. The summed E-state index contributed by atoms with van der Waals surface area (Å²) in [5.74, 6) is -0.908. The number of esters is 1. The van der Waals surface area contributed by atoms with Crippen molar-refractivity contribution in [3.05, 3.63) is 36.4 Å². The number of anilines is 1. The number of carbonyl (C=O) groups is 1. The molecule has 1 heterocycles. The van der Waals surface area contributed by atoms with E-state index >= 15 is 0 Å². The van der Waals surface area contributed by atoms with Crippen molar-refractivity contribution in [2.75, 3.05) is 5.73 Å². The second-order valence-corrected chi connectivity index (χ2v) is 10.1. The molecule has 3 N–H and O–H groups in total. The summed E-state index contributed by atoms with van der Waals surface area (Å²) in [6.45, 7) is 8.71. The highest BCUT2D eigenvalue weighted by Crippen LogP contribution is 2.31. The average Bonchev–Trinajstić information content (AvgIpc) is 2.94. The largest absolute Gasteiger partial charge is 0.459 e. The quantitative estimate of drug-likeness (QED) is 0.481. The van der Waals surface area contributed by atoms with Crippen LogP contribution >= 0.6 is 0 Å². The molecule has 0 aliphatic carbocycles. The van der Waals surface area contributed by atoms with Crippen molar-refractivity contribution in [1.29, 1.82) is 0 Å². The predicted octanol–water partition coefficient (Wildman–Crippen LogP) is 3.81. The molecule has 1 atom stereocenters. The van der Waals surface area contributed by atoms with Crippen LogP contribution in [0.25, 0.3) is 21.9 Å². The molecular formula is C21H26N2O5S. The molecule has 0 amide bonds. The van der Waals surface area contributed by atoms with Crippen LogP contribution in [0.2, 0.25) is 0 Å². The van der Waals surface area contributed by atoms with Crippen LogP contribution in [-0.2, 0) is 19.6 Å². The molecule has 0 saturated heterocycles. The van der Waals surface area contributed by atoms with Gasteiger partial charge in [-0.3, -0.25) is 4.79 Å². The third kappa shape index (κ3) is 4.54. The predicted molar refractivity (Wildman–Crippen MR) is 113 cm³/mol. The lowest BCUT2D eigenvalue weighted by molar-refractivity contribution is -0.158. The maximum atomic E-state index is 12.9. The Morgan fingerprint density at radius 2 is 1.66 bits per heavy atom. The van der Waals surface area contributed by atoms with Crippen LogP contribution in [0.5, 0.6) is 0 Å². The van der Waals surface area contributed by atoms with E-state index in [2.05, 4.69) is 4.72 Å². The van der Waals surface area contributed by atoms with E-state index in [0.29, 0.717) is 16.9 Å². The molecule has 0 aliphatic rings. The van der Waals surface area contributed by atoms with Gasteiger partial charge in [0.15, 0.2) is 0 Å². The number of nitrogens with two attached hydrogens (primary N) is 1. The maximum absolute atomic E-state index is 12.9. The second kappa shape index (κ2) is 7.35. The van der Waals surface area contributed by atoms with Gasteiger partial charge in [-0.2, -0.15) is 4.72 Å². The van der Waals surface area contributed by atoms with Crippen molar-refractivity contribution in [3.63, 3.8) is 0 Å². The first-order valence-electron chi connectivity index (χ1n) is 9.34. The summed E-state index contributed by atoms with van der Waals surface area (Å²) >= 11 is 0. The first kappa shape index (κ1) is 21.1. The van der Waals surface area contributed by atoms with E-state index in [-0.39, 0.29) is 10.8 Å². The van der Waals surface area contributed by atoms with Gasteiger partial charge in [-0.15, -0.1) is 0 Å². The second-order valence-electron chi connectivity index (χ2n) is 8.39. The summed E-state index contributed by atoms with van der Waals surface area (Å²) in [6.07, 6.45) is 0. The minimum atomic E-state index is -3.98. The number of ether oxygens (including phenoxy) is 1. The highest BCUT2D eigenvalue weighted by molar-refractivity contribution is 7.89. The van der Waals surface area contributed by atoms with Gasteiger partial charge in [-0.05, 0) is 51.0 Å². The Hall–Kier alpha value is -2.58. The number of carbonyl (C=O) groups excluding carboxylic acids is 1. The van der Waals surface area contributed by atoms with E-state index in [4.69, 9.17) is 14.9 Å². The van der Waals surface area contributed by atoms with Crippen molar-refractivity contribution >= 4 is 43.6 Å². The molecule has 0 spiro atoms. The van der Waals surface area contributed by atoms with E-state index in [1.54, 1.807) is 52.8 Å². The average molecular weight is 419 g/mol. The van der Waals surface area contributed by atoms with Crippen LogP contribution in [0, 0.1) is 5.92 Å². The van der Waals surface area contributed by atoms with Gasteiger partial charge in [0.25, 0.3) is 0 Å². The summed E-state index contributed by atoms with van der Waals surface area (Å²) in [4.78, 5) is 12.5. The van der Waals surface area contributed by atoms with Crippen LogP contribution in [0.4, 0.5) is 5.69 Å². The molecule has 3 aromatic rings. The van der Waals surface area contributed by atoms with Crippen LogP contribution in [0.15, 0.2) is 45.7 Å². The fourth-order valence-electron chi connectivity index (χ4n) is 3.00. The third-order valence-electron chi connectivity index (χ3n) is 4.39. The normalized spacial score (nSPS) is 13.9. The molecule has 0 saturated carbocycles. The first-order chi connectivity index (χ1) is 13.4. The highest BCUT2D eigenvalue weighted by atomic mass is 32.2. The van der Waals surface area contributed by atoms with E-state index in [1.807, 2.05) is 6.07 Å². The van der Waals surface area contributed by atoms with Gasteiger partial charge in [0.05, 0.1) is 4.90 Å². The number of nitrogens with one attached hydrogen (secondary N) is 1. The van der Waals surface area contributed by atoms with E-state index < -0.39 is 27.6 Å². The topological polar surface area (TPSA) is 112 Å². The van der Waals surface area contributed by atoms with Gasteiger partial charge in [0, 0.05) is 28.6 Å². The van der Waals surface area contributed by atoms with Gasteiger partial charge in [0.2, 0.25) is 10.0 Å². The Morgan fingerprint density at radius 1 is 1.07 bits per heavy atom. The zero-order valence-electron chi connectivity index (χ0n) is 17.1. The zero-order valence-corrected chi connectivity index (χ0v) is 18.0. The molecule has 1 unspecified atom stereocenters. The number of fused-ring (bicyclic) bond motifs is 3. The fourth-order valence-corrected chi connectivity index (χ4v) is 4.35. The molecule has 0 bridgehead atoms. The summed E-state index contributed by atoms with van der Waals surface area (Å²) < 4.78 is 39.5. The maximum Gasteiger partial charge on any atom is 0.324 e. The lowest BCUT2D eigenvalue weighted by atomic mass is 10.1. The number of nitrogen functional groups attached to an aromatic ring is 1. The monoisotopic (exact) mass is 418 g/mol. The van der Waals surface area contributed by atoms with E-state index in [0.717, 1.165) is 10.8 Å². The Bertz CT molecular complexity index is 1170. The Balaban J connectivity index is 1.96.